The SMILES string of the molecule is C/C=C\C=C/CC(CC(N)=N/C=C\CC1=CC[C@@H](C)C=C1)NC(=O)C1CC1. The molecule has 0 bridgehead atoms. The predicted molar refractivity (Wildman–Crippen MR) is 114 cm³/mol. The Morgan fingerprint density at radius 3 is 2.85 bits per heavy atom. The molecule has 27 heavy (non-hydrogen) atoms. The summed E-state index contributed by atoms with van der Waals surface area (Å²) in [5, 5.41) is 3.12. The number of allylic oxidation sites excluding steroid dienone is 8. The maximum Gasteiger partial charge on any atom is 0.223 e. The van der Waals surface area contributed by atoms with Crippen LogP contribution in [0.3, 0.4) is 0 Å². The van der Waals surface area contributed by atoms with E-state index >= 15 is 0 Å². The van der Waals surface area contributed by atoms with Crippen molar-refractivity contribution in [1.82, 2.24) is 5.32 Å². The number of amides is 1. The van der Waals surface area contributed by atoms with E-state index in [1.165, 1.54) is 5.57 Å². The smallest absolute Gasteiger partial charge is 0.223 e. The second-order valence-electron chi connectivity index (χ2n) is 7.43. The topological polar surface area (TPSA) is 67.5 Å². The van der Waals surface area contributed by atoms with Crippen molar-refractivity contribution in [2.24, 2.45) is 22.6 Å². The van der Waals surface area contributed by atoms with Crippen LogP contribution in [-0.4, -0.2) is 17.8 Å². The van der Waals surface area contributed by atoms with Crippen LogP contribution >= 0.6 is 0 Å². The van der Waals surface area contributed by atoms with Crippen LogP contribution in [0.25, 0.3) is 0 Å². The lowest BCUT2D eigenvalue weighted by Crippen LogP contribution is -2.38. The van der Waals surface area contributed by atoms with Gasteiger partial charge in [0.15, 0.2) is 0 Å². The second-order valence-corrected chi connectivity index (χ2v) is 7.43. The van der Waals surface area contributed by atoms with Crippen molar-refractivity contribution in [2.75, 3.05) is 0 Å². The maximum atomic E-state index is 12.1. The van der Waals surface area contributed by atoms with E-state index in [4.69, 9.17) is 5.73 Å². The first-order valence-corrected chi connectivity index (χ1v) is 10.0. The number of carbonyl (C=O) groups is 1. The largest absolute Gasteiger partial charge is 0.387 e. The van der Waals surface area contributed by atoms with E-state index < -0.39 is 0 Å². The monoisotopic (exact) mass is 367 g/mol. The van der Waals surface area contributed by atoms with Gasteiger partial charge in [-0.3, -0.25) is 4.79 Å². The van der Waals surface area contributed by atoms with Crippen molar-refractivity contribution in [2.45, 2.75) is 58.4 Å². The van der Waals surface area contributed by atoms with E-state index in [0.717, 1.165) is 32.1 Å². The Hall–Kier alpha value is -2.36. The fourth-order valence-electron chi connectivity index (χ4n) is 2.86. The molecule has 0 aromatic carbocycles. The minimum atomic E-state index is -0.0118. The quantitative estimate of drug-likeness (QED) is 0.337. The van der Waals surface area contributed by atoms with E-state index in [0.29, 0.717) is 18.2 Å². The molecule has 1 fully saturated rings. The van der Waals surface area contributed by atoms with Crippen LogP contribution in [0.1, 0.15) is 52.4 Å². The molecule has 4 nitrogen and oxygen atoms in total. The second kappa shape index (κ2) is 11.4. The molecule has 0 spiro atoms. The Balaban J connectivity index is 1.83. The van der Waals surface area contributed by atoms with Gasteiger partial charge in [-0.25, -0.2) is 4.99 Å². The minimum absolute atomic E-state index is 0.0118. The number of hydrogen-bond acceptors (Lipinski definition) is 2. The Labute approximate surface area is 163 Å². The number of rotatable bonds is 10. The fraction of sp³-hybridized carbons (Fsp3) is 0.478. The van der Waals surface area contributed by atoms with Crippen LogP contribution in [0, 0.1) is 11.8 Å². The van der Waals surface area contributed by atoms with Crippen LogP contribution in [0.2, 0.25) is 0 Å². The molecular weight excluding hydrogens is 334 g/mol. The van der Waals surface area contributed by atoms with Crippen molar-refractivity contribution < 1.29 is 4.79 Å². The highest BCUT2D eigenvalue weighted by Gasteiger charge is 2.30. The highest BCUT2D eigenvalue weighted by molar-refractivity contribution is 5.84. The molecule has 0 aromatic heterocycles. The van der Waals surface area contributed by atoms with E-state index in [1.807, 2.05) is 31.2 Å². The average Bonchev–Trinajstić information content (AvgIpc) is 3.49. The van der Waals surface area contributed by atoms with Crippen LogP contribution in [-0.2, 0) is 4.79 Å². The maximum absolute atomic E-state index is 12.1. The molecule has 1 unspecified atom stereocenters. The summed E-state index contributed by atoms with van der Waals surface area (Å²) in [6.45, 7) is 4.20. The summed E-state index contributed by atoms with van der Waals surface area (Å²) >= 11 is 0. The van der Waals surface area contributed by atoms with E-state index in [1.54, 1.807) is 6.20 Å². The van der Waals surface area contributed by atoms with Gasteiger partial charge in [-0.15, -0.1) is 0 Å². The normalized spacial score (nSPS) is 21.9. The van der Waals surface area contributed by atoms with E-state index in [9.17, 15) is 4.79 Å². The third kappa shape index (κ3) is 8.72. The number of nitrogens with zero attached hydrogens (tertiary/aromatic N) is 1. The zero-order valence-electron chi connectivity index (χ0n) is 16.6. The number of carbonyl (C=O) groups excluding carboxylic acids is 1. The first-order chi connectivity index (χ1) is 13.1. The molecule has 2 aliphatic carbocycles. The molecule has 2 rings (SSSR count). The summed E-state index contributed by atoms with van der Waals surface area (Å²) in [5.41, 5.74) is 7.41. The van der Waals surface area contributed by atoms with Crippen molar-refractivity contribution in [3.8, 4) is 0 Å². The number of aliphatic imine (C=N–C) groups is 1. The number of nitrogens with one attached hydrogen (secondary N) is 1. The standard InChI is InChI=1S/C23H33N3O/c1-3-4-5-6-9-21(26-23(27)20-14-15-20)17-22(24)25-16-7-8-19-12-10-18(2)11-13-19/h3-7,10,12-13,16,18,20-21H,8-9,11,14-15,17H2,1-2H3,(H2,24,25)(H,26,27)/b4-3-,6-5-,16-7-/t18-,21?/m0/s1. The molecule has 3 N–H and O–H groups in total. The third-order valence-electron chi connectivity index (χ3n) is 4.70. The van der Waals surface area contributed by atoms with Crippen molar-refractivity contribution in [1.29, 1.82) is 0 Å². The summed E-state index contributed by atoms with van der Waals surface area (Å²) in [6, 6.07) is -0.0118. The van der Waals surface area contributed by atoms with Crippen LogP contribution in [0.5, 0.6) is 0 Å². The molecule has 2 atom stereocenters. The Bertz CT molecular complexity index is 663. The van der Waals surface area contributed by atoms with E-state index in [-0.39, 0.29) is 17.9 Å². The highest BCUT2D eigenvalue weighted by atomic mass is 16.2. The molecule has 0 saturated heterocycles. The predicted octanol–water partition coefficient (Wildman–Crippen LogP) is 4.58. The lowest BCUT2D eigenvalue weighted by molar-refractivity contribution is -0.122. The number of amidine groups is 1. The van der Waals surface area contributed by atoms with Gasteiger partial charge in [0.05, 0.1) is 0 Å². The van der Waals surface area contributed by atoms with Crippen molar-refractivity contribution >= 4 is 11.7 Å². The van der Waals surface area contributed by atoms with Crippen LogP contribution < -0.4 is 11.1 Å². The summed E-state index contributed by atoms with van der Waals surface area (Å²) in [6.07, 6.45) is 23.8. The number of nitrogens with two attached hydrogens (primary N) is 1. The molecule has 4 heteroatoms. The Morgan fingerprint density at radius 1 is 1.37 bits per heavy atom. The lowest BCUT2D eigenvalue weighted by Gasteiger charge is -2.16. The number of hydrogen-bond donors (Lipinski definition) is 2. The van der Waals surface area contributed by atoms with Crippen molar-refractivity contribution in [3.05, 3.63) is 60.4 Å². The highest BCUT2D eigenvalue weighted by Crippen LogP contribution is 2.29. The Kier molecular flexibility index (Phi) is 8.82. The van der Waals surface area contributed by atoms with Crippen LogP contribution in [0.4, 0.5) is 0 Å². The third-order valence-corrected chi connectivity index (χ3v) is 4.70. The first-order valence-electron chi connectivity index (χ1n) is 10.0. The zero-order chi connectivity index (χ0) is 19.5. The van der Waals surface area contributed by atoms with Gasteiger partial charge in [-0.2, -0.15) is 0 Å². The molecular formula is C23H33N3O. The fourth-order valence-corrected chi connectivity index (χ4v) is 2.86. The van der Waals surface area contributed by atoms with Gasteiger partial charge in [0, 0.05) is 24.6 Å². The molecule has 0 aromatic rings. The Morgan fingerprint density at radius 2 is 2.19 bits per heavy atom. The molecule has 1 amide bonds. The van der Waals surface area contributed by atoms with Gasteiger partial charge >= 0.3 is 0 Å². The van der Waals surface area contributed by atoms with Gasteiger partial charge in [-0.05, 0) is 50.5 Å². The summed E-state index contributed by atoms with van der Waals surface area (Å²) in [7, 11) is 0. The van der Waals surface area contributed by atoms with Gasteiger partial charge in [0.25, 0.3) is 0 Å². The summed E-state index contributed by atoms with van der Waals surface area (Å²) in [4.78, 5) is 16.4. The molecule has 0 radical (unpaired) electrons. The molecule has 146 valence electrons. The zero-order valence-corrected chi connectivity index (χ0v) is 16.6. The first kappa shape index (κ1) is 20.9. The van der Waals surface area contributed by atoms with Crippen LogP contribution in [0.15, 0.2) is 65.4 Å². The summed E-state index contributed by atoms with van der Waals surface area (Å²) in [5.74, 6) is 1.53. The van der Waals surface area contributed by atoms with Gasteiger partial charge in [-0.1, -0.05) is 55.5 Å². The molecule has 2 aliphatic rings. The molecule has 0 aliphatic heterocycles. The van der Waals surface area contributed by atoms with Gasteiger partial charge < -0.3 is 11.1 Å². The van der Waals surface area contributed by atoms with E-state index in [2.05, 4.69) is 41.5 Å². The minimum Gasteiger partial charge on any atom is -0.387 e. The summed E-state index contributed by atoms with van der Waals surface area (Å²) < 4.78 is 0. The molecule has 0 heterocycles. The van der Waals surface area contributed by atoms with Gasteiger partial charge in [0.1, 0.15) is 5.84 Å². The molecule has 1 saturated carbocycles. The average molecular weight is 368 g/mol. The van der Waals surface area contributed by atoms with Crippen molar-refractivity contribution in [3.63, 3.8) is 0 Å². The van der Waals surface area contributed by atoms with Gasteiger partial charge in [0.2, 0.25) is 5.91 Å². The lowest BCUT2D eigenvalue weighted by atomic mass is 9.97.